The number of benzene rings is 2. The van der Waals surface area contributed by atoms with Crippen LogP contribution in [0.5, 0.6) is 0 Å². The van der Waals surface area contributed by atoms with Gasteiger partial charge >= 0.3 is 0 Å². The predicted molar refractivity (Wildman–Crippen MR) is 94.6 cm³/mol. The van der Waals surface area contributed by atoms with Gasteiger partial charge in [-0.3, -0.25) is 4.79 Å². The number of hydrogen-bond acceptors (Lipinski definition) is 3. The Labute approximate surface area is 146 Å². The van der Waals surface area contributed by atoms with Crippen molar-refractivity contribution in [1.82, 2.24) is 4.90 Å². The lowest BCUT2D eigenvalue weighted by atomic mass is 10.0. The van der Waals surface area contributed by atoms with Crippen molar-refractivity contribution in [3.63, 3.8) is 0 Å². The fourth-order valence-electron chi connectivity index (χ4n) is 2.89. The Balaban J connectivity index is 1.64. The number of rotatable bonds is 6. The summed E-state index contributed by atoms with van der Waals surface area (Å²) in [6.07, 6.45) is 0.792. The zero-order chi connectivity index (χ0) is 17.6. The highest BCUT2D eigenvalue weighted by Crippen LogP contribution is 2.19. The maximum atomic E-state index is 13.4. The highest BCUT2D eigenvalue weighted by molar-refractivity contribution is 6.01. The van der Waals surface area contributed by atoms with Crippen molar-refractivity contribution in [2.24, 2.45) is 5.16 Å². The normalized spacial score (nSPS) is 16.2. The van der Waals surface area contributed by atoms with E-state index in [4.69, 9.17) is 4.84 Å². The predicted octanol–water partition coefficient (Wildman–Crippen LogP) is 3.76. The first-order valence-corrected chi connectivity index (χ1v) is 8.46. The smallest absolute Gasteiger partial charge is 0.222 e. The molecule has 0 saturated heterocycles. The van der Waals surface area contributed by atoms with Gasteiger partial charge in [-0.15, -0.1) is 0 Å². The van der Waals surface area contributed by atoms with Gasteiger partial charge in [-0.2, -0.15) is 0 Å². The second-order valence-electron chi connectivity index (χ2n) is 6.09. The van der Waals surface area contributed by atoms with Crippen LogP contribution >= 0.6 is 0 Å². The lowest BCUT2D eigenvalue weighted by molar-refractivity contribution is -0.133. The van der Waals surface area contributed by atoms with Crippen molar-refractivity contribution in [1.29, 1.82) is 0 Å². The zero-order valence-corrected chi connectivity index (χ0v) is 14.2. The van der Waals surface area contributed by atoms with Gasteiger partial charge in [0.05, 0.1) is 12.3 Å². The van der Waals surface area contributed by atoms with E-state index in [-0.39, 0.29) is 17.8 Å². The Morgan fingerprint density at radius 1 is 1.24 bits per heavy atom. The number of halogens is 1. The molecule has 0 fully saturated rings. The van der Waals surface area contributed by atoms with Crippen molar-refractivity contribution < 1.29 is 14.0 Å². The van der Waals surface area contributed by atoms with E-state index in [1.807, 2.05) is 43.3 Å². The van der Waals surface area contributed by atoms with E-state index in [9.17, 15) is 9.18 Å². The first-order valence-electron chi connectivity index (χ1n) is 8.46. The number of hydrogen-bond donors (Lipinski definition) is 0. The van der Waals surface area contributed by atoms with E-state index in [0.29, 0.717) is 31.6 Å². The maximum Gasteiger partial charge on any atom is 0.222 e. The highest BCUT2D eigenvalue weighted by Gasteiger charge is 2.26. The Kier molecular flexibility index (Phi) is 5.43. The fraction of sp³-hybridized carbons (Fsp3) is 0.300. The summed E-state index contributed by atoms with van der Waals surface area (Å²) in [5.41, 5.74) is 2.51. The van der Waals surface area contributed by atoms with Crippen LogP contribution in [-0.4, -0.2) is 29.2 Å². The van der Waals surface area contributed by atoms with Crippen LogP contribution in [0.3, 0.4) is 0 Å². The minimum absolute atomic E-state index is 0.0756. The van der Waals surface area contributed by atoms with Crippen LogP contribution in [0, 0.1) is 5.82 Å². The van der Waals surface area contributed by atoms with Crippen LogP contribution in [0.15, 0.2) is 59.8 Å². The SMILES string of the molecule is CCC(=O)N(Cc1ccccc1)C[C@H]1CC(c2cccc(F)c2)=NO1. The van der Waals surface area contributed by atoms with Gasteiger partial charge in [0.2, 0.25) is 5.91 Å². The van der Waals surface area contributed by atoms with Gasteiger partial charge in [0.1, 0.15) is 5.82 Å². The molecule has 0 radical (unpaired) electrons. The highest BCUT2D eigenvalue weighted by atomic mass is 19.1. The molecule has 0 N–H and O–H groups in total. The maximum absolute atomic E-state index is 13.4. The number of amides is 1. The lowest BCUT2D eigenvalue weighted by Crippen LogP contribution is -2.36. The molecule has 0 aromatic heterocycles. The fourth-order valence-corrected chi connectivity index (χ4v) is 2.89. The summed E-state index contributed by atoms with van der Waals surface area (Å²) in [4.78, 5) is 19.6. The van der Waals surface area contributed by atoms with E-state index >= 15 is 0 Å². The number of nitrogens with zero attached hydrogens (tertiary/aromatic N) is 2. The minimum atomic E-state index is -0.296. The first kappa shape index (κ1) is 17.1. The standard InChI is InChI=1S/C20H21FN2O2/c1-2-20(24)23(13-15-7-4-3-5-8-15)14-18-12-19(22-25-18)16-9-6-10-17(21)11-16/h3-11,18H,2,12-14H2,1H3/t18-/m1/s1. The summed E-state index contributed by atoms with van der Waals surface area (Å²) < 4.78 is 13.4. The minimum Gasteiger partial charge on any atom is -0.390 e. The number of carbonyl (C=O) groups is 1. The summed E-state index contributed by atoms with van der Waals surface area (Å²) in [5, 5.41) is 4.09. The molecule has 3 rings (SSSR count). The largest absolute Gasteiger partial charge is 0.390 e. The van der Waals surface area contributed by atoms with Gasteiger partial charge in [-0.1, -0.05) is 54.5 Å². The zero-order valence-electron chi connectivity index (χ0n) is 14.2. The van der Waals surface area contributed by atoms with E-state index in [0.717, 1.165) is 11.1 Å². The molecule has 5 heteroatoms. The monoisotopic (exact) mass is 340 g/mol. The third-order valence-corrected chi connectivity index (χ3v) is 4.19. The van der Waals surface area contributed by atoms with Crippen molar-refractivity contribution in [3.8, 4) is 0 Å². The van der Waals surface area contributed by atoms with Crippen LogP contribution in [0.4, 0.5) is 4.39 Å². The summed E-state index contributed by atoms with van der Waals surface area (Å²) in [6, 6.07) is 16.2. The molecule has 130 valence electrons. The van der Waals surface area contributed by atoms with Crippen molar-refractivity contribution in [2.45, 2.75) is 32.4 Å². The summed E-state index contributed by atoms with van der Waals surface area (Å²) in [5.74, 6) is -0.220. The summed E-state index contributed by atoms with van der Waals surface area (Å²) in [6.45, 7) is 2.86. The second-order valence-corrected chi connectivity index (χ2v) is 6.09. The lowest BCUT2D eigenvalue weighted by Gasteiger charge is -2.24. The number of carbonyl (C=O) groups excluding carboxylic acids is 1. The van der Waals surface area contributed by atoms with Crippen LogP contribution < -0.4 is 0 Å². The molecule has 0 aliphatic carbocycles. The topological polar surface area (TPSA) is 41.9 Å². The van der Waals surface area contributed by atoms with Crippen molar-refractivity contribution >= 4 is 11.6 Å². The number of oxime groups is 1. The molecule has 1 atom stereocenters. The van der Waals surface area contributed by atoms with E-state index in [2.05, 4.69) is 5.16 Å². The summed E-state index contributed by atoms with van der Waals surface area (Å²) in [7, 11) is 0. The van der Waals surface area contributed by atoms with Crippen LogP contribution in [-0.2, 0) is 16.2 Å². The molecule has 1 aliphatic rings. The van der Waals surface area contributed by atoms with Crippen LogP contribution in [0.1, 0.15) is 30.9 Å². The third kappa shape index (κ3) is 4.44. The Morgan fingerprint density at radius 3 is 2.76 bits per heavy atom. The average Bonchev–Trinajstić information content (AvgIpc) is 3.10. The van der Waals surface area contributed by atoms with Gasteiger partial charge in [0.25, 0.3) is 0 Å². The van der Waals surface area contributed by atoms with Gasteiger partial charge in [0, 0.05) is 24.9 Å². The molecule has 0 bridgehead atoms. The molecule has 25 heavy (non-hydrogen) atoms. The van der Waals surface area contributed by atoms with Gasteiger partial charge in [0.15, 0.2) is 6.10 Å². The van der Waals surface area contributed by atoms with Crippen LogP contribution in [0.2, 0.25) is 0 Å². The van der Waals surface area contributed by atoms with Gasteiger partial charge < -0.3 is 9.74 Å². The Bertz CT molecular complexity index is 761. The van der Waals surface area contributed by atoms with Crippen molar-refractivity contribution in [2.75, 3.05) is 6.54 Å². The molecule has 4 nitrogen and oxygen atoms in total. The molecule has 1 aliphatic heterocycles. The molecular formula is C20H21FN2O2. The Hall–Kier alpha value is -2.69. The van der Waals surface area contributed by atoms with Crippen LogP contribution in [0.25, 0.3) is 0 Å². The van der Waals surface area contributed by atoms with E-state index in [1.165, 1.54) is 12.1 Å². The van der Waals surface area contributed by atoms with E-state index < -0.39 is 0 Å². The molecule has 0 saturated carbocycles. The molecule has 0 unspecified atom stereocenters. The first-order chi connectivity index (χ1) is 12.2. The van der Waals surface area contributed by atoms with Gasteiger partial charge in [-0.25, -0.2) is 4.39 Å². The second kappa shape index (κ2) is 7.92. The molecule has 1 amide bonds. The third-order valence-electron chi connectivity index (χ3n) is 4.19. The molecular weight excluding hydrogens is 319 g/mol. The average molecular weight is 340 g/mol. The molecule has 1 heterocycles. The van der Waals surface area contributed by atoms with Crippen molar-refractivity contribution in [3.05, 3.63) is 71.5 Å². The quantitative estimate of drug-likeness (QED) is 0.803. The molecule has 0 spiro atoms. The Morgan fingerprint density at radius 2 is 2.04 bits per heavy atom. The summed E-state index contributed by atoms with van der Waals surface area (Å²) >= 11 is 0. The molecule has 2 aromatic rings. The molecule has 2 aromatic carbocycles. The van der Waals surface area contributed by atoms with E-state index in [1.54, 1.807) is 11.0 Å². The van der Waals surface area contributed by atoms with Gasteiger partial charge in [-0.05, 0) is 17.7 Å².